The van der Waals surface area contributed by atoms with Gasteiger partial charge in [0.15, 0.2) is 18.2 Å². The van der Waals surface area contributed by atoms with Crippen molar-refractivity contribution in [2.45, 2.75) is 13.3 Å². The van der Waals surface area contributed by atoms with Gasteiger partial charge in [-0.05, 0) is 31.0 Å². The van der Waals surface area contributed by atoms with Crippen LogP contribution in [-0.4, -0.2) is 30.5 Å². The lowest BCUT2D eigenvalue weighted by molar-refractivity contribution is -0.133. The summed E-state index contributed by atoms with van der Waals surface area (Å²) in [6.07, 6.45) is 0.741. The summed E-state index contributed by atoms with van der Waals surface area (Å²) in [7, 11) is 0. The average molecular weight is 319 g/mol. The molecule has 0 aliphatic rings. The number of carbonyl (C=O) groups is 1. The molecule has 2 rings (SSSR count). The maximum Gasteiger partial charge on any atom is 0.260 e. The minimum Gasteiger partial charge on any atom is -0.481 e. The van der Waals surface area contributed by atoms with E-state index < -0.39 is 11.6 Å². The number of likely N-dealkylation sites (N-methyl/N-ethyl adjacent to an activating group) is 1. The molecule has 1 amide bonds. The number of benzene rings is 2. The zero-order valence-electron chi connectivity index (χ0n) is 13.0. The Kier molecular flexibility index (Phi) is 6.09. The third-order valence-electron chi connectivity index (χ3n) is 3.49. The second-order valence-electron chi connectivity index (χ2n) is 5.07. The fraction of sp³-hybridized carbons (Fsp3) is 0.278. The number of rotatable bonds is 7. The molecule has 0 fully saturated rings. The highest BCUT2D eigenvalue weighted by molar-refractivity contribution is 5.77. The van der Waals surface area contributed by atoms with E-state index in [1.54, 1.807) is 4.90 Å². The largest absolute Gasteiger partial charge is 0.481 e. The van der Waals surface area contributed by atoms with Gasteiger partial charge in [0.1, 0.15) is 5.82 Å². The predicted octanol–water partition coefficient (Wildman–Crippen LogP) is 3.43. The molecule has 0 bridgehead atoms. The Balaban J connectivity index is 1.87. The molecule has 0 aliphatic carbocycles. The van der Waals surface area contributed by atoms with Gasteiger partial charge in [0.2, 0.25) is 0 Å². The molecule has 0 radical (unpaired) electrons. The van der Waals surface area contributed by atoms with Gasteiger partial charge in [-0.3, -0.25) is 4.79 Å². The molecular formula is C18H19F2NO2. The highest BCUT2D eigenvalue weighted by atomic mass is 19.1. The minimum absolute atomic E-state index is 0.126. The Morgan fingerprint density at radius 1 is 1.13 bits per heavy atom. The Morgan fingerprint density at radius 3 is 2.52 bits per heavy atom. The molecule has 0 unspecified atom stereocenters. The van der Waals surface area contributed by atoms with Gasteiger partial charge in [0, 0.05) is 19.2 Å². The monoisotopic (exact) mass is 319 g/mol. The maximum atomic E-state index is 13.5. The van der Waals surface area contributed by atoms with Crippen LogP contribution in [0.5, 0.6) is 5.75 Å². The molecule has 0 heterocycles. The van der Waals surface area contributed by atoms with Gasteiger partial charge in [-0.25, -0.2) is 8.78 Å². The number of amides is 1. The number of hydrogen-bond donors (Lipinski definition) is 0. The van der Waals surface area contributed by atoms with E-state index in [-0.39, 0.29) is 18.3 Å². The SMILES string of the molecule is CCN(CCc1ccccc1)C(=O)COc1ccc(F)cc1F. The smallest absolute Gasteiger partial charge is 0.260 e. The first-order valence-electron chi connectivity index (χ1n) is 7.49. The van der Waals surface area contributed by atoms with Gasteiger partial charge < -0.3 is 9.64 Å². The van der Waals surface area contributed by atoms with Crippen LogP contribution in [0.15, 0.2) is 48.5 Å². The summed E-state index contributed by atoms with van der Waals surface area (Å²) in [5.74, 6) is -1.85. The fourth-order valence-corrected chi connectivity index (χ4v) is 2.19. The average Bonchev–Trinajstić information content (AvgIpc) is 2.55. The molecule has 0 aromatic heterocycles. The molecule has 0 N–H and O–H groups in total. The summed E-state index contributed by atoms with van der Waals surface area (Å²) in [5.41, 5.74) is 1.14. The predicted molar refractivity (Wildman–Crippen MR) is 84.3 cm³/mol. The van der Waals surface area contributed by atoms with Gasteiger partial charge in [-0.2, -0.15) is 0 Å². The molecule has 3 nitrogen and oxygen atoms in total. The lowest BCUT2D eigenvalue weighted by Crippen LogP contribution is -2.36. The maximum absolute atomic E-state index is 13.5. The summed E-state index contributed by atoms with van der Waals surface area (Å²) < 4.78 is 31.4. The van der Waals surface area contributed by atoms with E-state index >= 15 is 0 Å². The number of nitrogens with zero attached hydrogens (tertiary/aromatic N) is 1. The first-order valence-corrected chi connectivity index (χ1v) is 7.49. The van der Waals surface area contributed by atoms with E-state index in [1.807, 2.05) is 37.3 Å². The van der Waals surface area contributed by atoms with E-state index in [9.17, 15) is 13.6 Å². The van der Waals surface area contributed by atoms with E-state index in [4.69, 9.17) is 4.74 Å². The summed E-state index contributed by atoms with van der Waals surface area (Å²) in [5, 5.41) is 0. The summed E-state index contributed by atoms with van der Waals surface area (Å²) in [4.78, 5) is 13.8. The molecule has 2 aromatic carbocycles. The van der Waals surface area contributed by atoms with Crippen LogP contribution in [0.1, 0.15) is 12.5 Å². The van der Waals surface area contributed by atoms with Crippen LogP contribution in [0, 0.1) is 11.6 Å². The van der Waals surface area contributed by atoms with Crippen molar-refractivity contribution < 1.29 is 18.3 Å². The van der Waals surface area contributed by atoms with Crippen LogP contribution in [0.3, 0.4) is 0 Å². The number of hydrogen-bond acceptors (Lipinski definition) is 2. The Hall–Kier alpha value is -2.43. The molecule has 5 heteroatoms. The lowest BCUT2D eigenvalue weighted by Gasteiger charge is -2.21. The van der Waals surface area contributed by atoms with Crippen molar-refractivity contribution >= 4 is 5.91 Å². The highest BCUT2D eigenvalue weighted by Crippen LogP contribution is 2.17. The van der Waals surface area contributed by atoms with E-state index in [0.29, 0.717) is 13.1 Å². The third-order valence-corrected chi connectivity index (χ3v) is 3.49. The quantitative estimate of drug-likeness (QED) is 0.782. The molecule has 122 valence electrons. The normalized spacial score (nSPS) is 10.4. The molecule has 0 atom stereocenters. The molecule has 0 spiro atoms. The molecule has 2 aromatic rings. The van der Waals surface area contributed by atoms with E-state index in [2.05, 4.69) is 0 Å². The zero-order chi connectivity index (χ0) is 16.7. The van der Waals surface area contributed by atoms with Crippen molar-refractivity contribution in [3.05, 3.63) is 65.7 Å². The van der Waals surface area contributed by atoms with Gasteiger partial charge >= 0.3 is 0 Å². The highest BCUT2D eigenvalue weighted by Gasteiger charge is 2.14. The third kappa shape index (κ3) is 5.06. The second kappa shape index (κ2) is 8.27. The minimum atomic E-state index is -0.815. The molecule has 0 aliphatic heterocycles. The van der Waals surface area contributed by atoms with Crippen LogP contribution in [-0.2, 0) is 11.2 Å². The zero-order valence-corrected chi connectivity index (χ0v) is 13.0. The second-order valence-corrected chi connectivity index (χ2v) is 5.07. The Morgan fingerprint density at radius 2 is 1.87 bits per heavy atom. The van der Waals surface area contributed by atoms with Crippen LogP contribution in [0.2, 0.25) is 0 Å². The molecular weight excluding hydrogens is 300 g/mol. The van der Waals surface area contributed by atoms with Gasteiger partial charge in [-0.15, -0.1) is 0 Å². The van der Waals surface area contributed by atoms with Gasteiger partial charge in [0.25, 0.3) is 5.91 Å². The molecule has 0 saturated carbocycles. The van der Waals surface area contributed by atoms with Crippen molar-refractivity contribution in [3.8, 4) is 5.75 Å². The van der Waals surface area contributed by atoms with E-state index in [1.165, 1.54) is 6.07 Å². The Labute approximate surface area is 134 Å². The summed E-state index contributed by atoms with van der Waals surface area (Å²) >= 11 is 0. The van der Waals surface area contributed by atoms with Crippen molar-refractivity contribution in [1.82, 2.24) is 4.90 Å². The molecule has 0 saturated heterocycles. The van der Waals surface area contributed by atoms with Crippen molar-refractivity contribution in [2.24, 2.45) is 0 Å². The van der Waals surface area contributed by atoms with Gasteiger partial charge in [-0.1, -0.05) is 30.3 Å². The summed E-state index contributed by atoms with van der Waals surface area (Å²) in [6, 6.07) is 12.9. The topological polar surface area (TPSA) is 29.5 Å². The van der Waals surface area contributed by atoms with Crippen molar-refractivity contribution in [1.29, 1.82) is 0 Å². The van der Waals surface area contributed by atoms with Crippen molar-refractivity contribution in [3.63, 3.8) is 0 Å². The lowest BCUT2D eigenvalue weighted by atomic mass is 10.1. The molecule has 23 heavy (non-hydrogen) atoms. The van der Waals surface area contributed by atoms with Gasteiger partial charge in [0.05, 0.1) is 0 Å². The van der Waals surface area contributed by atoms with Crippen LogP contribution < -0.4 is 4.74 Å². The summed E-state index contributed by atoms with van der Waals surface area (Å²) in [6.45, 7) is 2.71. The first-order chi connectivity index (χ1) is 11.1. The standard InChI is InChI=1S/C18H19F2NO2/c1-2-21(11-10-14-6-4-3-5-7-14)18(22)13-23-17-9-8-15(19)12-16(17)20/h3-9,12H,2,10-11,13H2,1H3. The Bertz CT molecular complexity index is 647. The fourth-order valence-electron chi connectivity index (χ4n) is 2.19. The van der Waals surface area contributed by atoms with E-state index in [0.717, 1.165) is 24.1 Å². The first kappa shape index (κ1) is 16.9. The van der Waals surface area contributed by atoms with Crippen LogP contribution >= 0.6 is 0 Å². The van der Waals surface area contributed by atoms with Crippen LogP contribution in [0.25, 0.3) is 0 Å². The van der Waals surface area contributed by atoms with Crippen LogP contribution in [0.4, 0.5) is 8.78 Å². The number of ether oxygens (including phenoxy) is 1. The number of carbonyl (C=O) groups excluding carboxylic acids is 1. The number of halogens is 2. The van der Waals surface area contributed by atoms with Crippen molar-refractivity contribution in [2.75, 3.05) is 19.7 Å².